The average molecular weight is 521 g/mol. The molecule has 0 bridgehead atoms. The number of aromatic nitrogens is 2. The standard InChI is InChI=1S/C28H29ClN4O2S/c1-19(34)30-22-9-4-7-20(17-22)21-8-5-14-32(18-21)15-6-16-33-28(35)24-11-3-2-10-23(24)27(31-33)25-12-13-26(29)36-25/h2-4,7,9-13,17,21H,5-6,8,14-16,18H2,1H3,(H,30,34). The smallest absolute Gasteiger partial charge is 0.274 e. The van der Waals surface area contributed by atoms with E-state index in [0.29, 0.717) is 22.2 Å². The molecule has 1 unspecified atom stereocenters. The highest BCUT2D eigenvalue weighted by Crippen LogP contribution is 2.33. The molecule has 186 valence electrons. The number of amides is 1. The zero-order chi connectivity index (χ0) is 25.1. The largest absolute Gasteiger partial charge is 0.326 e. The van der Waals surface area contributed by atoms with Crippen LogP contribution in [0, 0.1) is 0 Å². The fourth-order valence-electron chi connectivity index (χ4n) is 5.06. The van der Waals surface area contributed by atoms with Crippen molar-refractivity contribution < 1.29 is 4.79 Å². The van der Waals surface area contributed by atoms with Crippen LogP contribution in [-0.2, 0) is 11.3 Å². The number of carbonyl (C=O) groups is 1. The monoisotopic (exact) mass is 520 g/mol. The fraction of sp³-hybridized carbons (Fsp3) is 0.321. The van der Waals surface area contributed by atoms with E-state index in [1.54, 1.807) is 4.68 Å². The van der Waals surface area contributed by atoms with Crippen LogP contribution < -0.4 is 10.9 Å². The number of anilines is 1. The minimum atomic E-state index is -0.0553. The predicted octanol–water partition coefficient (Wildman–Crippen LogP) is 6.01. The van der Waals surface area contributed by atoms with Gasteiger partial charge in [0.15, 0.2) is 0 Å². The van der Waals surface area contributed by atoms with E-state index in [0.717, 1.165) is 60.5 Å². The molecule has 8 heteroatoms. The molecule has 0 spiro atoms. The van der Waals surface area contributed by atoms with E-state index in [9.17, 15) is 9.59 Å². The van der Waals surface area contributed by atoms with Crippen molar-refractivity contribution >= 4 is 45.3 Å². The van der Waals surface area contributed by atoms with Gasteiger partial charge in [-0.25, -0.2) is 4.68 Å². The van der Waals surface area contributed by atoms with Crippen LogP contribution in [0.15, 0.2) is 65.5 Å². The van der Waals surface area contributed by atoms with Crippen molar-refractivity contribution in [2.75, 3.05) is 25.0 Å². The topological polar surface area (TPSA) is 67.2 Å². The number of hydrogen-bond donors (Lipinski definition) is 1. The molecule has 0 radical (unpaired) electrons. The lowest BCUT2D eigenvalue weighted by Gasteiger charge is -2.33. The van der Waals surface area contributed by atoms with Gasteiger partial charge in [-0.05, 0) is 74.2 Å². The fourth-order valence-corrected chi connectivity index (χ4v) is 6.10. The molecular formula is C28H29ClN4O2S. The maximum Gasteiger partial charge on any atom is 0.274 e. The summed E-state index contributed by atoms with van der Waals surface area (Å²) in [6.07, 6.45) is 3.11. The van der Waals surface area contributed by atoms with Crippen LogP contribution in [0.5, 0.6) is 0 Å². The van der Waals surface area contributed by atoms with Gasteiger partial charge < -0.3 is 10.2 Å². The van der Waals surface area contributed by atoms with Crippen LogP contribution in [0.3, 0.4) is 0 Å². The molecule has 6 nitrogen and oxygen atoms in total. The van der Waals surface area contributed by atoms with E-state index < -0.39 is 0 Å². The Kier molecular flexibility index (Phi) is 7.51. The number of benzene rings is 2. The van der Waals surface area contributed by atoms with Crippen LogP contribution in [0.25, 0.3) is 21.3 Å². The number of aryl methyl sites for hydroxylation is 1. The van der Waals surface area contributed by atoms with Crippen LogP contribution >= 0.6 is 22.9 Å². The van der Waals surface area contributed by atoms with E-state index in [1.807, 2.05) is 48.5 Å². The molecule has 1 saturated heterocycles. The first-order valence-electron chi connectivity index (χ1n) is 12.3. The lowest BCUT2D eigenvalue weighted by molar-refractivity contribution is -0.114. The molecule has 1 aliphatic rings. The summed E-state index contributed by atoms with van der Waals surface area (Å²) >= 11 is 7.66. The maximum absolute atomic E-state index is 13.2. The molecule has 4 aromatic rings. The normalized spacial score (nSPS) is 16.3. The number of piperidine rings is 1. The van der Waals surface area contributed by atoms with E-state index in [-0.39, 0.29) is 11.5 Å². The summed E-state index contributed by atoms with van der Waals surface area (Å²) in [6, 6.07) is 19.7. The van der Waals surface area contributed by atoms with Crippen LogP contribution in [-0.4, -0.2) is 40.2 Å². The minimum absolute atomic E-state index is 0.0525. The molecule has 3 heterocycles. The second kappa shape index (κ2) is 10.9. The van der Waals surface area contributed by atoms with Crippen LogP contribution in [0.2, 0.25) is 4.34 Å². The van der Waals surface area contributed by atoms with Crippen molar-refractivity contribution in [2.24, 2.45) is 0 Å². The number of nitrogens with one attached hydrogen (secondary N) is 1. The zero-order valence-electron chi connectivity index (χ0n) is 20.2. The molecule has 1 aliphatic heterocycles. The highest BCUT2D eigenvalue weighted by Gasteiger charge is 2.22. The first kappa shape index (κ1) is 24.7. The lowest BCUT2D eigenvalue weighted by Crippen LogP contribution is -2.36. The summed E-state index contributed by atoms with van der Waals surface area (Å²) in [7, 11) is 0. The van der Waals surface area contributed by atoms with Gasteiger partial charge in [-0.2, -0.15) is 5.10 Å². The molecular weight excluding hydrogens is 492 g/mol. The number of nitrogens with zero attached hydrogens (tertiary/aromatic N) is 3. The summed E-state index contributed by atoms with van der Waals surface area (Å²) in [5, 5.41) is 9.19. The quantitative estimate of drug-likeness (QED) is 0.324. The van der Waals surface area contributed by atoms with E-state index in [4.69, 9.17) is 16.7 Å². The number of halogens is 1. The SMILES string of the molecule is CC(=O)Nc1cccc(C2CCCN(CCCn3nc(-c4ccc(Cl)s4)c4ccccc4c3=O)C2)c1. The van der Waals surface area contributed by atoms with Gasteiger partial charge in [0.2, 0.25) is 5.91 Å². The number of fused-ring (bicyclic) bond motifs is 1. The van der Waals surface area contributed by atoms with Crippen molar-refractivity contribution in [1.29, 1.82) is 0 Å². The summed E-state index contributed by atoms with van der Waals surface area (Å²) < 4.78 is 2.32. The van der Waals surface area contributed by atoms with Gasteiger partial charge in [-0.3, -0.25) is 9.59 Å². The molecule has 0 saturated carbocycles. The number of hydrogen-bond acceptors (Lipinski definition) is 5. The maximum atomic E-state index is 13.2. The van der Waals surface area contributed by atoms with Gasteiger partial charge in [-0.15, -0.1) is 11.3 Å². The number of carbonyl (C=O) groups excluding carboxylic acids is 1. The molecule has 1 fully saturated rings. The number of thiophene rings is 1. The highest BCUT2D eigenvalue weighted by molar-refractivity contribution is 7.19. The molecule has 0 aliphatic carbocycles. The second-order valence-corrected chi connectivity index (χ2v) is 11.0. The molecule has 5 rings (SSSR count). The first-order valence-corrected chi connectivity index (χ1v) is 13.5. The zero-order valence-corrected chi connectivity index (χ0v) is 21.8. The van der Waals surface area contributed by atoms with Gasteiger partial charge >= 0.3 is 0 Å². The Labute approximate surface area is 219 Å². The Balaban J connectivity index is 1.28. The molecule has 1 atom stereocenters. The minimum Gasteiger partial charge on any atom is -0.326 e. The van der Waals surface area contributed by atoms with Gasteiger partial charge in [0.25, 0.3) is 5.56 Å². The lowest BCUT2D eigenvalue weighted by atomic mass is 9.90. The molecule has 2 aromatic carbocycles. The second-order valence-electron chi connectivity index (χ2n) is 9.33. The molecule has 1 N–H and O–H groups in total. The summed E-state index contributed by atoms with van der Waals surface area (Å²) in [6.45, 7) is 5.03. The highest BCUT2D eigenvalue weighted by atomic mass is 35.5. The van der Waals surface area contributed by atoms with E-state index >= 15 is 0 Å². The molecule has 1 amide bonds. The van der Waals surface area contributed by atoms with Crippen molar-refractivity contribution in [1.82, 2.24) is 14.7 Å². The van der Waals surface area contributed by atoms with Crippen molar-refractivity contribution in [3.8, 4) is 10.6 Å². The van der Waals surface area contributed by atoms with E-state index in [1.165, 1.54) is 23.8 Å². The number of likely N-dealkylation sites (tertiary alicyclic amines) is 1. The summed E-state index contributed by atoms with van der Waals surface area (Å²) in [5.41, 5.74) is 2.86. The predicted molar refractivity (Wildman–Crippen MR) is 148 cm³/mol. The third kappa shape index (κ3) is 5.53. The molecule has 36 heavy (non-hydrogen) atoms. The first-order chi connectivity index (χ1) is 17.5. The van der Waals surface area contributed by atoms with Gasteiger partial charge in [0.05, 0.1) is 14.6 Å². The average Bonchev–Trinajstić information content (AvgIpc) is 3.31. The molecule has 2 aromatic heterocycles. The number of rotatable bonds is 7. The van der Waals surface area contributed by atoms with E-state index in [2.05, 4.69) is 22.3 Å². The van der Waals surface area contributed by atoms with Crippen molar-refractivity contribution in [3.63, 3.8) is 0 Å². The Morgan fingerprint density at radius 3 is 2.72 bits per heavy atom. The Morgan fingerprint density at radius 1 is 1.11 bits per heavy atom. The van der Waals surface area contributed by atoms with Gasteiger partial charge in [-0.1, -0.05) is 41.9 Å². The Morgan fingerprint density at radius 2 is 1.94 bits per heavy atom. The van der Waals surface area contributed by atoms with Gasteiger partial charge in [0, 0.05) is 31.1 Å². The third-order valence-electron chi connectivity index (χ3n) is 6.70. The Bertz CT molecular complexity index is 1450. The van der Waals surface area contributed by atoms with Crippen LogP contribution in [0.4, 0.5) is 5.69 Å². The Hall–Kier alpha value is -3.00. The summed E-state index contributed by atoms with van der Waals surface area (Å²) in [4.78, 5) is 28.1. The third-order valence-corrected chi connectivity index (χ3v) is 7.94. The van der Waals surface area contributed by atoms with Gasteiger partial charge in [0.1, 0.15) is 5.69 Å². The van der Waals surface area contributed by atoms with Crippen LogP contribution in [0.1, 0.15) is 37.7 Å². The van der Waals surface area contributed by atoms with Crippen molar-refractivity contribution in [2.45, 2.75) is 38.6 Å². The summed E-state index contributed by atoms with van der Waals surface area (Å²) in [5.74, 6) is 0.379. The van der Waals surface area contributed by atoms with Crippen molar-refractivity contribution in [3.05, 3.63) is 80.9 Å².